The molecule has 1 fully saturated rings. The number of amides is 2. The number of nitrogens with one attached hydrogen (secondary N) is 3. The van der Waals surface area contributed by atoms with Crippen LogP contribution in [0.3, 0.4) is 0 Å². The highest BCUT2D eigenvalue weighted by Gasteiger charge is 2.33. The molecule has 0 spiro atoms. The average molecular weight is 449 g/mol. The summed E-state index contributed by atoms with van der Waals surface area (Å²) in [6, 6.07) is 6.05. The van der Waals surface area contributed by atoms with Crippen molar-refractivity contribution in [3.05, 3.63) is 51.8 Å². The number of aromatic nitrogens is 1. The van der Waals surface area contributed by atoms with Gasteiger partial charge in [-0.25, -0.2) is 0 Å². The van der Waals surface area contributed by atoms with Crippen molar-refractivity contribution in [3.8, 4) is 0 Å². The molecule has 0 saturated carbocycles. The molecule has 1 aromatic carbocycles. The van der Waals surface area contributed by atoms with E-state index in [-0.39, 0.29) is 11.8 Å². The van der Waals surface area contributed by atoms with Crippen LogP contribution in [0.4, 0.5) is 5.69 Å². The molecule has 2 amide bonds. The summed E-state index contributed by atoms with van der Waals surface area (Å²) >= 11 is 0. The summed E-state index contributed by atoms with van der Waals surface area (Å²) in [4.78, 5) is 31.9. The highest BCUT2D eigenvalue weighted by molar-refractivity contribution is 6.37. The molecule has 3 heterocycles. The third-order valence-corrected chi connectivity index (χ3v) is 6.94. The molecule has 0 unspecified atom stereocenters. The van der Waals surface area contributed by atoms with Gasteiger partial charge in [-0.1, -0.05) is 11.6 Å². The zero-order chi connectivity index (χ0) is 22.9. The van der Waals surface area contributed by atoms with Gasteiger partial charge in [0, 0.05) is 42.3 Å². The summed E-state index contributed by atoms with van der Waals surface area (Å²) in [7, 11) is 0. The standard InChI is InChI=1S/C26H32N4O3/c1-16-7-8-21-20(15-16)23(26(32)29-21)19-6-3-5-18-22(17(2)28-24(18)19)25(31)27-9-4-10-30-11-13-33-14-12-30/h7-8,15,28H,3-6,9-14H2,1-2H3,(H,27,31)(H,29,32)/b23-19-. The Balaban J connectivity index is 1.37. The van der Waals surface area contributed by atoms with Gasteiger partial charge in [-0.3, -0.25) is 14.5 Å². The number of anilines is 1. The van der Waals surface area contributed by atoms with Gasteiger partial charge in [-0.2, -0.15) is 0 Å². The van der Waals surface area contributed by atoms with Crippen LogP contribution >= 0.6 is 0 Å². The van der Waals surface area contributed by atoms with Gasteiger partial charge in [0.2, 0.25) is 0 Å². The molecule has 3 aliphatic rings. The number of fused-ring (bicyclic) bond motifs is 2. The number of rotatable bonds is 5. The monoisotopic (exact) mass is 448 g/mol. The normalized spacial score (nSPS) is 20.4. The first kappa shape index (κ1) is 21.9. The fourth-order valence-electron chi connectivity index (χ4n) is 5.31. The van der Waals surface area contributed by atoms with Crippen LogP contribution in [0.1, 0.15) is 57.7 Å². The van der Waals surface area contributed by atoms with Crippen LogP contribution in [0.5, 0.6) is 0 Å². The molecule has 1 saturated heterocycles. The third-order valence-electron chi connectivity index (χ3n) is 6.94. The van der Waals surface area contributed by atoms with Gasteiger partial charge < -0.3 is 20.4 Å². The number of nitrogens with zero attached hydrogens (tertiary/aromatic N) is 1. The second-order valence-corrected chi connectivity index (χ2v) is 9.25. The molecule has 3 N–H and O–H groups in total. The van der Waals surface area contributed by atoms with Gasteiger partial charge >= 0.3 is 0 Å². The van der Waals surface area contributed by atoms with E-state index in [9.17, 15) is 9.59 Å². The summed E-state index contributed by atoms with van der Waals surface area (Å²) in [5, 5.41) is 6.13. The molecule has 2 aromatic rings. The Morgan fingerprint density at radius 3 is 2.82 bits per heavy atom. The molecular weight excluding hydrogens is 416 g/mol. The maximum absolute atomic E-state index is 13.1. The predicted molar refractivity (Wildman–Crippen MR) is 129 cm³/mol. The van der Waals surface area contributed by atoms with Crippen molar-refractivity contribution in [1.82, 2.24) is 15.2 Å². The van der Waals surface area contributed by atoms with E-state index in [1.54, 1.807) is 0 Å². The molecule has 2 aliphatic heterocycles. The SMILES string of the molecule is Cc1ccc2c(c1)/C(=C1\CCCc3c1[nH]c(C)c3C(=O)NCCCN1CCOCC1)C(=O)N2. The van der Waals surface area contributed by atoms with Gasteiger partial charge in [-0.15, -0.1) is 0 Å². The minimum atomic E-state index is -0.0557. The van der Waals surface area contributed by atoms with E-state index in [2.05, 4.69) is 26.6 Å². The van der Waals surface area contributed by atoms with Crippen molar-refractivity contribution in [2.45, 2.75) is 39.5 Å². The summed E-state index contributed by atoms with van der Waals surface area (Å²) in [5.41, 5.74) is 8.33. The molecule has 174 valence electrons. The molecule has 0 atom stereocenters. The zero-order valence-corrected chi connectivity index (χ0v) is 19.5. The Hall–Kier alpha value is -2.90. The Bertz CT molecular complexity index is 1120. The first-order valence-electron chi connectivity index (χ1n) is 12.0. The smallest absolute Gasteiger partial charge is 0.256 e. The van der Waals surface area contributed by atoms with E-state index >= 15 is 0 Å². The van der Waals surface area contributed by atoms with Gasteiger partial charge in [0.25, 0.3) is 11.8 Å². The van der Waals surface area contributed by atoms with Crippen LogP contribution in [0, 0.1) is 13.8 Å². The molecule has 7 nitrogen and oxygen atoms in total. The van der Waals surface area contributed by atoms with Gasteiger partial charge in [0.05, 0.1) is 24.4 Å². The van der Waals surface area contributed by atoms with Crippen molar-refractivity contribution >= 4 is 28.6 Å². The van der Waals surface area contributed by atoms with Crippen molar-refractivity contribution in [1.29, 1.82) is 0 Å². The molecule has 0 bridgehead atoms. The maximum atomic E-state index is 13.1. The molecular formula is C26H32N4O3. The third kappa shape index (κ3) is 4.23. The number of hydrogen-bond donors (Lipinski definition) is 3. The highest BCUT2D eigenvalue weighted by atomic mass is 16.5. The Labute approximate surface area is 194 Å². The molecule has 7 heteroatoms. The van der Waals surface area contributed by atoms with Gasteiger partial charge in [0.15, 0.2) is 0 Å². The first-order valence-corrected chi connectivity index (χ1v) is 12.0. The molecule has 1 aliphatic carbocycles. The Kier molecular flexibility index (Phi) is 6.08. The van der Waals surface area contributed by atoms with E-state index in [1.165, 1.54) is 0 Å². The number of aromatic amines is 1. The van der Waals surface area contributed by atoms with Crippen molar-refractivity contribution < 1.29 is 14.3 Å². The lowest BCUT2D eigenvalue weighted by Crippen LogP contribution is -2.38. The minimum Gasteiger partial charge on any atom is -0.379 e. The van der Waals surface area contributed by atoms with E-state index in [1.807, 2.05) is 26.0 Å². The van der Waals surface area contributed by atoms with E-state index in [0.717, 1.165) is 109 Å². The van der Waals surface area contributed by atoms with Crippen LogP contribution in [0.15, 0.2) is 18.2 Å². The lowest BCUT2D eigenvalue weighted by Gasteiger charge is -2.26. The predicted octanol–water partition coefficient (Wildman–Crippen LogP) is 3.28. The molecule has 1 aromatic heterocycles. The largest absolute Gasteiger partial charge is 0.379 e. The number of allylic oxidation sites excluding steroid dienone is 1. The zero-order valence-electron chi connectivity index (χ0n) is 19.5. The van der Waals surface area contributed by atoms with E-state index in [0.29, 0.717) is 6.54 Å². The summed E-state index contributed by atoms with van der Waals surface area (Å²) in [5.74, 6) is -0.0786. The second kappa shape index (κ2) is 9.15. The van der Waals surface area contributed by atoms with Crippen LogP contribution in [-0.4, -0.2) is 61.1 Å². The fourth-order valence-corrected chi connectivity index (χ4v) is 5.31. The molecule has 5 rings (SSSR count). The molecule has 0 radical (unpaired) electrons. The lowest BCUT2D eigenvalue weighted by atomic mass is 9.85. The summed E-state index contributed by atoms with van der Waals surface area (Å²) in [6.45, 7) is 9.13. The van der Waals surface area contributed by atoms with Crippen LogP contribution < -0.4 is 10.6 Å². The highest BCUT2D eigenvalue weighted by Crippen LogP contribution is 2.43. The summed E-state index contributed by atoms with van der Waals surface area (Å²) < 4.78 is 5.39. The number of morpholine rings is 1. The number of aryl methyl sites for hydroxylation is 2. The van der Waals surface area contributed by atoms with E-state index < -0.39 is 0 Å². The number of carbonyl (C=O) groups excluding carboxylic acids is 2. The van der Waals surface area contributed by atoms with E-state index in [4.69, 9.17) is 4.74 Å². The Morgan fingerprint density at radius 2 is 2.00 bits per heavy atom. The van der Waals surface area contributed by atoms with Crippen LogP contribution in [0.25, 0.3) is 11.1 Å². The van der Waals surface area contributed by atoms with Crippen molar-refractivity contribution in [2.24, 2.45) is 0 Å². The Morgan fingerprint density at radius 1 is 1.18 bits per heavy atom. The molecule has 33 heavy (non-hydrogen) atoms. The van der Waals surface area contributed by atoms with Crippen molar-refractivity contribution in [3.63, 3.8) is 0 Å². The quantitative estimate of drug-likeness (QED) is 0.484. The van der Waals surface area contributed by atoms with Crippen molar-refractivity contribution in [2.75, 3.05) is 44.7 Å². The van der Waals surface area contributed by atoms with Crippen LogP contribution in [0.2, 0.25) is 0 Å². The number of benzene rings is 1. The number of hydrogen-bond acceptors (Lipinski definition) is 4. The topological polar surface area (TPSA) is 86.5 Å². The average Bonchev–Trinajstić information content (AvgIpc) is 3.32. The van der Waals surface area contributed by atoms with Gasteiger partial charge in [-0.05, 0) is 69.3 Å². The van der Waals surface area contributed by atoms with Gasteiger partial charge in [0.1, 0.15) is 0 Å². The second-order valence-electron chi connectivity index (χ2n) is 9.25. The minimum absolute atomic E-state index is 0.0228. The number of H-pyrrole nitrogens is 1. The lowest BCUT2D eigenvalue weighted by molar-refractivity contribution is -0.110. The first-order chi connectivity index (χ1) is 16.0. The summed E-state index contributed by atoms with van der Waals surface area (Å²) in [6.07, 6.45) is 3.51. The fraction of sp³-hybridized carbons (Fsp3) is 0.462. The van der Waals surface area contributed by atoms with Crippen LogP contribution in [-0.2, 0) is 16.0 Å². The maximum Gasteiger partial charge on any atom is 0.256 e. The number of carbonyl (C=O) groups is 2. The number of ether oxygens (including phenoxy) is 1.